The summed E-state index contributed by atoms with van der Waals surface area (Å²) >= 11 is 0. The molecule has 3 nitrogen and oxygen atoms in total. The van der Waals surface area contributed by atoms with Gasteiger partial charge in [0.25, 0.3) is 0 Å². The number of nitrogens with zero attached hydrogens (tertiary/aromatic N) is 1. The summed E-state index contributed by atoms with van der Waals surface area (Å²) in [6.45, 7) is 3.35. The van der Waals surface area contributed by atoms with Crippen LogP contribution in [0.15, 0.2) is 30.3 Å². The summed E-state index contributed by atoms with van der Waals surface area (Å²) in [6.07, 6.45) is 7.05. The van der Waals surface area contributed by atoms with E-state index in [1.54, 1.807) is 0 Å². The van der Waals surface area contributed by atoms with E-state index in [2.05, 4.69) is 40.5 Å². The van der Waals surface area contributed by atoms with Gasteiger partial charge in [0.15, 0.2) is 5.78 Å². The van der Waals surface area contributed by atoms with Crippen LogP contribution in [0.3, 0.4) is 0 Å². The zero-order chi connectivity index (χ0) is 15.6. The van der Waals surface area contributed by atoms with Gasteiger partial charge in [0.1, 0.15) is 0 Å². The van der Waals surface area contributed by atoms with Crippen molar-refractivity contribution in [2.24, 2.45) is 5.92 Å². The Balaban J connectivity index is 1.44. The fourth-order valence-corrected chi connectivity index (χ4v) is 4.66. The third kappa shape index (κ3) is 3.22. The molecule has 1 aromatic carbocycles. The second kappa shape index (κ2) is 6.74. The Labute approximate surface area is 139 Å². The van der Waals surface area contributed by atoms with Crippen molar-refractivity contribution < 1.29 is 4.79 Å². The number of hydrogen-bond acceptors (Lipinski definition) is 3. The van der Waals surface area contributed by atoms with Crippen LogP contribution in [0, 0.1) is 5.92 Å². The van der Waals surface area contributed by atoms with E-state index >= 15 is 0 Å². The van der Waals surface area contributed by atoms with Crippen LogP contribution in [0.2, 0.25) is 0 Å². The molecule has 4 rings (SSSR count). The second-order valence-corrected chi connectivity index (χ2v) is 7.49. The minimum atomic E-state index is 0.200. The molecule has 2 heterocycles. The lowest BCUT2D eigenvalue weighted by Gasteiger charge is -2.42. The normalized spacial score (nSPS) is 32.6. The summed E-state index contributed by atoms with van der Waals surface area (Å²) < 4.78 is 0. The van der Waals surface area contributed by atoms with Gasteiger partial charge in [0.05, 0.1) is 6.04 Å². The van der Waals surface area contributed by atoms with E-state index in [1.165, 1.54) is 31.2 Å². The van der Waals surface area contributed by atoms with Gasteiger partial charge in [-0.1, -0.05) is 36.8 Å². The van der Waals surface area contributed by atoms with Crippen molar-refractivity contribution in [3.05, 3.63) is 35.9 Å². The van der Waals surface area contributed by atoms with E-state index in [0.29, 0.717) is 17.7 Å². The predicted octanol–water partition coefficient (Wildman–Crippen LogP) is 2.97. The van der Waals surface area contributed by atoms with Crippen LogP contribution in [0.1, 0.15) is 50.0 Å². The molecule has 0 spiro atoms. The number of Topliss-reactive ketones (excluding diaryl/α,β-unsaturated/α-hetero) is 1. The monoisotopic (exact) mass is 312 g/mol. The molecule has 0 amide bonds. The smallest absolute Gasteiger partial charge is 0.153 e. The second-order valence-electron chi connectivity index (χ2n) is 7.49. The molecule has 3 fully saturated rings. The van der Waals surface area contributed by atoms with Crippen molar-refractivity contribution in [3.63, 3.8) is 0 Å². The first-order chi connectivity index (χ1) is 11.3. The molecule has 1 aromatic rings. The number of carbonyl (C=O) groups is 1. The maximum atomic E-state index is 13.1. The number of piperidine rings is 2. The van der Waals surface area contributed by atoms with E-state index in [-0.39, 0.29) is 12.0 Å². The number of ketones is 1. The van der Waals surface area contributed by atoms with Crippen molar-refractivity contribution in [1.29, 1.82) is 0 Å². The Hall–Kier alpha value is -1.19. The first kappa shape index (κ1) is 15.3. The predicted molar refractivity (Wildman–Crippen MR) is 92.5 cm³/mol. The number of carbonyl (C=O) groups excluding carboxylic acids is 1. The van der Waals surface area contributed by atoms with Crippen LogP contribution in [0.5, 0.6) is 0 Å². The van der Waals surface area contributed by atoms with Crippen molar-refractivity contribution >= 4 is 5.78 Å². The Morgan fingerprint density at radius 1 is 1.04 bits per heavy atom. The van der Waals surface area contributed by atoms with E-state index in [1.807, 2.05) is 0 Å². The van der Waals surface area contributed by atoms with Gasteiger partial charge in [-0.3, -0.25) is 9.69 Å². The van der Waals surface area contributed by atoms with Crippen LogP contribution in [-0.2, 0) is 4.79 Å². The summed E-state index contributed by atoms with van der Waals surface area (Å²) in [7, 11) is 0. The molecule has 1 aliphatic carbocycles. The highest BCUT2D eigenvalue weighted by Gasteiger charge is 2.48. The summed E-state index contributed by atoms with van der Waals surface area (Å²) in [6, 6.07) is 11.4. The zero-order valence-corrected chi connectivity index (χ0v) is 13.9. The molecule has 3 atom stereocenters. The lowest BCUT2D eigenvalue weighted by atomic mass is 9.91. The summed E-state index contributed by atoms with van der Waals surface area (Å²) in [5, 5.41) is 3.45. The van der Waals surface area contributed by atoms with Gasteiger partial charge in [-0.2, -0.15) is 0 Å². The largest absolute Gasteiger partial charge is 0.317 e. The molecule has 1 saturated carbocycles. The molecule has 2 aliphatic heterocycles. The lowest BCUT2D eigenvalue weighted by molar-refractivity contribution is -0.128. The molecule has 1 N–H and O–H groups in total. The van der Waals surface area contributed by atoms with Crippen molar-refractivity contribution in [2.75, 3.05) is 19.6 Å². The number of likely N-dealkylation sites (tertiary alicyclic amines) is 1. The lowest BCUT2D eigenvalue weighted by Crippen LogP contribution is -2.53. The number of benzene rings is 1. The van der Waals surface area contributed by atoms with Crippen molar-refractivity contribution in [3.8, 4) is 0 Å². The quantitative estimate of drug-likeness (QED) is 0.928. The van der Waals surface area contributed by atoms with Gasteiger partial charge in [-0.05, 0) is 63.2 Å². The van der Waals surface area contributed by atoms with Gasteiger partial charge < -0.3 is 5.32 Å². The number of rotatable bonds is 4. The highest BCUT2D eigenvalue weighted by Crippen LogP contribution is 2.49. The van der Waals surface area contributed by atoms with E-state index in [4.69, 9.17) is 0 Å². The molecule has 3 heteroatoms. The summed E-state index contributed by atoms with van der Waals surface area (Å²) in [4.78, 5) is 15.7. The third-order valence-corrected chi connectivity index (χ3v) is 6.03. The maximum Gasteiger partial charge on any atom is 0.153 e. The topological polar surface area (TPSA) is 32.3 Å². The Kier molecular flexibility index (Phi) is 4.50. The summed E-state index contributed by atoms with van der Waals surface area (Å²) in [5.41, 5.74) is 1.36. The summed E-state index contributed by atoms with van der Waals surface area (Å²) in [5.74, 6) is 1.31. The molecule has 0 radical (unpaired) electrons. The molecule has 3 unspecified atom stereocenters. The fourth-order valence-electron chi connectivity index (χ4n) is 4.66. The minimum absolute atomic E-state index is 0.200. The average Bonchev–Trinajstić information content (AvgIpc) is 3.43. The van der Waals surface area contributed by atoms with Gasteiger partial charge >= 0.3 is 0 Å². The molecule has 23 heavy (non-hydrogen) atoms. The molecule has 3 aliphatic rings. The van der Waals surface area contributed by atoms with Gasteiger partial charge in [-0.15, -0.1) is 0 Å². The number of nitrogens with one attached hydrogen (secondary N) is 1. The van der Waals surface area contributed by atoms with Gasteiger partial charge in [0.2, 0.25) is 0 Å². The fraction of sp³-hybridized carbons (Fsp3) is 0.650. The van der Waals surface area contributed by atoms with Crippen molar-refractivity contribution in [1.82, 2.24) is 10.2 Å². The maximum absolute atomic E-state index is 13.1. The van der Waals surface area contributed by atoms with E-state index in [9.17, 15) is 4.79 Å². The van der Waals surface area contributed by atoms with Crippen LogP contribution in [0.4, 0.5) is 0 Å². The molecular weight excluding hydrogens is 284 g/mol. The van der Waals surface area contributed by atoms with Crippen LogP contribution in [-0.4, -0.2) is 42.4 Å². The SMILES string of the molecule is O=C(C1CC1c1ccccc1)C1CCCCN1C1CCNCC1. The van der Waals surface area contributed by atoms with Crippen LogP contribution < -0.4 is 5.32 Å². The average molecular weight is 312 g/mol. The molecule has 2 saturated heterocycles. The molecule has 124 valence electrons. The minimum Gasteiger partial charge on any atom is -0.317 e. The standard InChI is InChI=1S/C20H28N2O/c23-20(18-14-17(18)15-6-2-1-3-7-15)19-8-4-5-13-22(19)16-9-11-21-12-10-16/h1-3,6-7,16-19,21H,4-5,8-14H2. The Morgan fingerprint density at radius 3 is 2.61 bits per heavy atom. The van der Waals surface area contributed by atoms with E-state index < -0.39 is 0 Å². The highest BCUT2D eigenvalue weighted by atomic mass is 16.1. The first-order valence-corrected chi connectivity index (χ1v) is 9.40. The van der Waals surface area contributed by atoms with Crippen molar-refractivity contribution in [2.45, 2.75) is 56.5 Å². The zero-order valence-electron chi connectivity index (χ0n) is 13.9. The van der Waals surface area contributed by atoms with Crippen LogP contribution >= 0.6 is 0 Å². The molecule has 0 bridgehead atoms. The van der Waals surface area contributed by atoms with Gasteiger partial charge in [0, 0.05) is 12.0 Å². The third-order valence-electron chi connectivity index (χ3n) is 6.03. The molecule has 0 aromatic heterocycles. The first-order valence-electron chi connectivity index (χ1n) is 9.40. The Morgan fingerprint density at radius 2 is 1.83 bits per heavy atom. The Bertz CT molecular complexity index is 538. The van der Waals surface area contributed by atoms with Gasteiger partial charge in [-0.25, -0.2) is 0 Å². The number of hydrogen-bond donors (Lipinski definition) is 1. The molecular formula is C20H28N2O. The highest BCUT2D eigenvalue weighted by molar-refractivity contribution is 5.90. The van der Waals surface area contributed by atoms with E-state index in [0.717, 1.165) is 32.5 Å². The van der Waals surface area contributed by atoms with Crippen LogP contribution in [0.25, 0.3) is 0 Å².